The van der Waals surface area contributed by atoms with Crippen LogP contribution in [-0.2, 0) is 4.79 Å². The summed E-state index contributed by atoms with van der Waals surface area (Å²) in [6, 6.07) is 0.240. The molecule has 3 heteroatoms. The lowest BCUT2D eigenvalue weighted by Crippen LogP contribution is -2.34. The molecule has 0 aromatic carbocycles. The molecule has 3 nitrogen and oxygen atoms in total. The molecular weight excluding hydrogens is 140 g/mol. The minimum absolute atomic E-state index is 0.196. The van der Waals surface area contributed by atoms with Crippen LogP contribution in [0, 0.1) is 0 Å². The molecule has 0 saturated carbocycles. The van der Waals surface area contributed by atoms with Crippen molar-refractivity contribution in [2.45, 2.75) is 32.7 Å². The number of carbonyl (C=O) groups is 1. The molecule has 0 unspecified atom stereocenters. The van der Waals surface area contributed by atoms with Gasteiger partial charge in [0.15, 0.2) is 0 Å². The Labute approximate surface area is 67.1 Å². The van der Waals surface area contributed by atoms with Crippen molar-refractivity contribution in [3.05, 3.63) is 0 Å². The summed E-state index contributed by atoms with van der Waals surface area (Å²) >= 11 is 0. The highest BCUT2D eigenvalue weighted by molar-refractivity contribution is 5.88. The van der Waals surface area contributed by atoms with E-state index in [9.17, 15) is 4.79 Å². The van der Waals surface area contributed by atoms with E-state index in [-0.39, 0.29) is 11.9 Å². The molecule has 0 fully saturated rings. The van der Waals surface area contributed by atoms with Gasteiger partial charge in [-0.05, 0) is 20.3 Å². The van der Waals surface area contributed by atoms with Crippen LogP contribution in [-0.4, -0.2) is 29.7 Å². The normalized spacial score (nSPS) is 19.2. The molecule has 1 aliphatic heterocycles. The van der Waals surface area contributed by atoms with Gasteiger partial charge in [-0.1, -0.05) is 0 Å². The molecular formula is C8H14N2O. The predicted molar refractivity (Wildman–Crippen MR) is 44.6 cm³/mol. The highest BCUT2D eigenvalue weighted by Gasteiger charge is 2.15. The van der Waals surface area contributed by atoms with Crippen molar-refractivity contribution in [1.82, 2.24) is 4.90 Å². The molecule has 0 spiro atoms. The third-order valence-corrected chi connectivity index (χ3v) is 1.73. The smallest absolute Gasteiger partial charge is 0.227 e. The van der Waals surface area contributed by atoms with Gasteiger partial charge in [0.2, 0.25) is 5.91 Å². The first-order chi connectivity index (χ1) is 5.22. The number of hydrogen-bond donors (Lipinski definition) is 0. The molecule has 1 amide bonds. The van der Waals surface area contributed by atoms with Crippen molar-refractivity contribution in [2.24, 2.45) is 4.99 Å². The number of aliphatic imine (C=N–C) groups is 1. The Hall–Kier alpha value is -0.860. The summed E-state index contributed by atoms with van der Waals surface area (Å²) in [4.78, 5) is 17.1. The minimum atomic E-state index is 0.196. The van der Waals surface area contributed by atoms with Gasteiger partial charge in [-0.25, -0.2) is 0 Å². The van der Waals surface area contributed by atoms with Crippen LogP contribution in [0.5, 0.6) is 0 Å². The van der Waals surface area contributed by atoms with Crippen LogP contribution in [0.2, 0.25) is 0 Å². The van der Waals surface area contributed by atoms with Crippen molar-refractivity contribution in [3.63, 3.8) is 0 Å². The Morgan fingerprint density at radius 2 is 2.36 bits per heavy atom. The Bertz CT molecular complexity index is 175. The average Bonchev–Trinajstić information content (AvgIpc) is 2.13. The molecule has 0 aromatic heterocycles. The minimum Gasteiger partial charge on any atom is -0.301 e. The van der Waals surface area contributed by atoms with Crippen LogP contribution >= 0.6 is 0 Å². The van der Waals surface area contributed by atoms with Crippen LogP contribution in [0.3, 0.4) is 0 Å². The summed E-state index contributed by atoms with van der Waals surface area (Å²) in [5, 5.41) is 0. The third kappa shape index (κ3) is 2.03. The van der Waals surface area contributed by atoms with E-state index in [4.69, 9.17) is 0 Å². The molecule has 0 atom stereocenters. The van der Waals surface area contributed by atoms with Gasteiger partial charge in [0, 0.05) is 19.0 Å². The number of amides is 1. The highest BCUT2D eigenvalue weighted by Crippen LogP contribution is 2.04. The molecule has 1 rings (SSSR count). The van der Waals surface area contributed by atoms with Crippen LogP contribution in [0.4, 0.5) is 0 Å². The van der Waals surface area contributed by atoms with E-state index in [0.29, 0.717) is 6.42 Å². The summed E-state index contributed by atoms with van der Waals surface area (Å²) in [6.45, 7) is 4.78. The molecule has 0 N–H and O–H groups in total. The number of nitrogens with zero attached hydrogens (tertiary/aromatic N) is 2. The fourth-order valence-corrected chi connectivity index (χ4v) is 1.08. The SMILES string of the molecule is CC(C)N1C=NCCCC1=O. The second kappa shape index (κ2) is 3.51. The topological polar surface area (TPSA) is 32.7 Å². The van der Waals surface area contributed by atoms with E-state index >= 15 is 0 Å². The molecule has 1 aliphatic rings. The maximum absolute atomic E-state index is 11.3. The van der Waals surface area contributed by atoms with Gasteiger partial charge in [0.05, 0.1) is 6.34 Å². The molecule has 11 heavy (non-hydrogen) atoms. The third-order valence-electron chi connectivity index (χ3n) is 1.73. The van der Waals surface area contributed by atoms with Gasteiger partial charge in [0.25, 0.3) is 0 Å². The summed E-state index contributed by atoms with van der Waals surface area (Å²) < 4.78 is 0. The van der Waals surface area contributed by atoms with Crippen molar-refractivity contribution < 1.29 is 4.79 Å². The van der Waals surface area contributed by atoms with E-state index in [1.807, 2.05) is 13.8 Å². The predicted octanol–water partition coefficient (Wildman–Crippen LogP) is 1.05. The van der Waals surface area contributed by atoms with Gasteiger partial charge < -0.3 is 4.90 Å². The van der Waals surface area contributed by atoms with Crippen LogP contribution in [0.25, 0.3) is 0 Å². The maximum atomic E-state index is 11.3. The Morgan fingerprint density at radius 1 is 1.64 bits per heavy atom. The van der Waals surface area contributed by atoms with E-state index < -0.39 is 0 Å². The van der Waals surface area contributed by atoms with E-state index in [1.54, 1.807) is 11.2 Å². The van der Waals surface area contributed by atoms with Gasteiger partial charge in [-0.2, -0.15) is 0 Å². The monoisotopic (exact) mass is 154 g/mol. The molecule has 0 saturated heterocycles. The number of hydrogen-bond acceptors (Lipinski definition) is 2. The van der Waals surface area contributed by atoms with Gasteiger partial charge in [0.1, 0.15) is 0 Å². The molecule has 0 aliphatic carbocycles. The lowest BCUT2D eigenvalue weighted by molar-refractivity contribution is -0.128. The molecule has 0 bridgehead atoms. The average molecular weight is 154 g/mol. The van der Waals surface area contributed by atoms with Crippen LogP contribution in [0.15, 0.2) is 4.99 Å². The largest absolute Gasteiger partial charge is 0.301 e. The Morgan fingerprint density at radius 3 is 3.00 bits per heavy atom. The first-order valence-electron chi connectivity index (χ1n) is 4.03. The number of carbonyl (C=O) groups excluding carboxylic acids is 1. The van der Waals surface area contributed by atoms with Crippen molar-refractivity contribution in [3.8, 4) is 0 Å². The van der Waals surface area contributed by atoms with Gasteiger partial charge in [-0.3, -0.25) is 9.79 Å². The molecule has 1 heterocycles. The number of rotatable bonds is 1. The first kappa shape index (κ1) is 8.24. The Balaban J connectivity index is 2.65. The zero-order valence-corrected chi connectivity index (χ0v) is 7.08. The summed E-state index contributed by atoms with van der Waals surface area (Å²) in [5.41, 5.74) is 0. The summed E-state index contributed by atoms with van der Waals surface area (Å²) in [7, 11) is 0. The summed E-state index contributed by atoms with van der Waals surface area (Å²) in [5.74, 6) is 0.196. The van der Waals surface area contributed by atoms with Crippen molar-refractivity contribution in [2.75, 3.05) is 6.54 Å². The first-order valence-corrected chi connectivity index (χ1v) is 4.03. The lowest BCUT2D eigenvalue weighted by atomic mass is 10.2. The zero-order chi connectivity index (χ0) is 8.27. The van der Waals surface area contributed by atoms with E-state index in [2.05, 4.69) is 4.99 Å². The van der Waals surface area contributed by atoms with Gasteiger partial charge in [-0.15, -0.1) is 0 Å². The van der Waals surface area contributed by atoms with Gasteiger partial charge >= 0.3 is 0 Å². The van der Waals surface area contributed by atoms with E-state index in [0.717, 1.165) is 13.0 Å². The lowest BCUT2D eigenvalue weighted by Gasteiger charge is -2.19. The fraction of sp³-hybridized carbons (Fsp3) is 0.750. The fourth-order valence-electron chi connectivity index (χ4n) is 1.08. The van der Waals surface area contributed by atoms with Crippen molar-refractivity contribution in [1.29, 1.82) is 0 Å². The standard InChI is InChI=1S/C8H14N2O/c1-7(2)10-6-9-5-3-4-8(10)11/h6-7H,3-5H2,1-2H3. The second-order valence-corrected chi connectivity index (χ2v) is 3.02. The van der Waals surface area contributed by atoms with Crippen LogP contribution < -0.4 is 0 Å². The molecule has 0 radical (unpaired) electrons. The maximum Gasteiger partial charge on any atom is 0.227 e. The quantitative estimate of drug-likeness (QED) is 0.555. The van der Waals surface area contributed by atoms with E-state index in [1.165, 1.54) is 0 Å². The Kier molecular flexibility index (Phi) is 2.63. The summed E-state index contributed by atoms with van der Waals surface area (Å²) in [6.07, 6.45) is 3.19. The zero-order valence-electron chi connectivity index (χ0n) is 7.08. The van der Waals surface area contributed by atoms with Crippen LogP contribution in [0.1, 0.15) is 26.7 Å². The molecule has 62 valence electrons. The highest BCUT2D eigenvalue weighted by atomic mass is 16.2. The molecule has 0 aromatic rings. The van der Waals surface area contributed by atoms with Crippen molar-refractivity contribution >= 4 is 12.2 Å². The second-order valence-electron chi connectivity index (χ2n) is 3.02.